The van der Waals surface area contributed by atoms with E-state index in [4.69, 9.17) is 9.16 Å². The van der Waals surface area contributed by atoms with Gasteiger partial charge in [0.2, 0.25) is 0 Å². The van der Waals surface area contributed by atoms with Gasteiger partial charge in [-0.05, 0) is 25.1 Å². The predicted molar refractivity (Wildman–Crippen MR) is 70.4 cm³/mol. The van der Waals surface area contributed by atoms with Crippen LogP contribution in [0.2, 0.25) is 18.1 Å². The molecule has 1 aliphatic heterocycles. The van der Waals surface area contributed by atoms with Crippen LogP contribution < -0.4 is 5.32 Å². The minimum Gasteiger partial charge on any atom is -0.414 e. The molecule has 1 rings (SSSR count). The maximum absolute atomic E-state index is 6.14. The van der Waals surface area contributed by atoms with Gasteiger partial charge in [0.05, 0.1) is 19.3 Å². The third kappa shape index (κ3) is 3.84. The first kappa shape index (κ1) is 14.2. The fourth-order valence-electron chi connectivity index (χ4n) is 1.36. The molecular weight excluding hydrogens is 218 g/mol. The molecule has 4 heteroatoms. The lowest BCUT2D eigenvalue weighted by Gasteiger charge is -2.38. The monoisotopic (exact) mass is 245 g/mol. The summed E-state index contributed by atoms with van der Waals surface area (Å²) in [4.78, 5) is 0. The molecule has 0 amide bonds. The van der Waals surface area contributed by atoms with E-state index in [2.05, 4.69) is 46.1 Å². The summed E-state index contributed by atoms with van der Waals surface area (Å²) in [5.41, 5.74) is 0. The molecule has 1 aliphatic rings. The van der Waals surface area contributed by atoms with Crippen LogP contribution in [0.3, 0.4) is 0 Å². The van der Waals surface area contributed by atoms with Gasteiger partial charge in [-0.1, -0.05) is 20.8 Å². The van der Waals surface area contributed by atoms with Crippen molar-refractivity contribution in [3.05, 3.63) is 0 Å². The quantitative estimate of drug-likeness (QED) is 0.775. The van der Waals surface area contributed by atoms with E-state index >= 15 is 0 Å². The molecule has 0 aromatic heterocycles. The number of hydrogen-bond donors (Lipinski definition) is 1. The molecule has 1 saturated heterocycles. The predicted octanol–water partition coefficient (Wildman–Crippen LogP) is 2.39. The number of morpholine rings is 1. The van der Waals surface area contributed by atoms with Gasteiger partial charge in [-0.2, -0.15) is 0 Å². The Morgan fingerprint density at radius 2 is 2.00 bits per heavy atom. The van der Waals surface area contributed by atoms with Gasteiger partial charge in [-0.15, -0.1) is 0 Å². The van der Waals surface area contributed by atoms with Gasteiger partial charge in [-0.3, -0.25) is 0 Å². The molecule has 1 fully saturated rings. The first-order valence-electron chi connectivity index (χ1n) is 6.21. The lowest BCUT2D eigenvalue weighted by molar-refractivity contribution is -0.0193. The highest BCUT2D eigenvalue weighted by Gasteiger charge is 2.37. The summed E-state index contributed by atoms with van der Waals surface area (Å²) in [6.45, 7) is 15.9. The summed E-state index contributed by atoms with van der Waals surface area (Å²) in [7, 11) is -1.61. The van der Waals surface area contributed by atoms with Gasteiger partial charge in [0.15, 0.2) is 8.32 Å². The van der Waals surface area contributed by atoms with Crippen molar-refractivity contribution in [2.45, 2.75) is 58.0 Å². The molecule has 0 spiro atoms. The second-order valence-corrected chi connectivity index (χ2v) is 11.1. The van der Waals surface area contributed by atoms with Gasteiger partial charge in [0.1, 0.15) is 0 Å². The van der Waals surface area contributed by atoms with Crippen LogP contribution in [-0.2, 0) is 9.16 Å². The van der Waals surface area contributed by atoms with E-state index in [1.807, 2.05) is 0 Å². The lowest BCUT2D eigenvalue weighted by Crippen LogP contribution is -2.49. The summed E-state index contributed by atoms with van der Waals surface area (Å²) < 4.78 is 11.9. The Hall–Kier alpha value is 0.0969. The molecule has 3 nitrogen and oxygen atoms in total. The molecule has 0 saturated carbocycles. The second kappa shape index (κ2) is 5.17. The largest absolute Gasteiger partial charge is 0.414 e. The number of ether oxygens (including phenoxy) is 1. The van der Waals surface area contributed by atoms with Crippen molar-refractivity contribution in [3.8, 4) is 0 Å². The van der Waals surface area contributed by atoms with Crippen molar-refractivity contribution in [3.63, 3.8) is 0 Å². The molecule has 0 aromatic carbocycles. The van der Waals surface area contributed by atoms with Crippen molar-refractivity contribution in [2.24, 2.45) is 0 Å². The maximum Gasteiger partial charge on any atom is 0.192 e. The topological polar surface area (TPSA) is 30.5 Å². The van der Waals surface area contributed by atoms with Crippen molar-refractivity contribution in [2.75, 3.05) is 19.8 Å². The van der Waals surface area contributed by atoms with Crippen molar-refractivity contribution < 1.29 is 9.16 Å². The lowest BCUT2D eigenvalue weighted by atomic mass is 10.2. The summed E-state index contributed by atoms with van der Waals surface area (Å²) in [5, 5.41) is 3.70. The van der Waals surface area contributed by atoms with Gasteiger partial charge in [-0.25, -0.2) is 0 Å². The Labute approximate surface area is 101 Å². The normalized spacial score (nSPS) is 28.1. The van der Waals surface area contributed by atoms with Gasteiger partial charge >= 0.3 is 0 Å². The third-order valence-corrected chi connectivity index (χ3v) is 8.21. The fraction of sp³-hybridized carbons (Fsp3) is 1.00. The summed E-state index contributed by atoms with van der Waals surface area (Å²) in [6.07, 6.45) is 0.227. The van der Waals surface area contributed by atoms with Crippen LogP contribution in [0.1, 0.15) is 27.7 Å². The molecule has 0 aliphatic carbocycles. The van der Waals surface area contributed by atoms with E-state index in [0.717, 1.165) is 19.8 Å². The molecule has 0 aromatic rings. The first-order valence-corrected chi connectivity index (χ1v) is 9.12. The molecule has 2 atom stereocenters. The van der Waals surface area contributed by atoms with E-state index in [9.17, 15) is 0 Å². The summed E-state index contributed by atoms with van der Waals surface area (Å²) in [5.74, 6) is 0. The van der Waals surface area contributed by atoms with Gasteiger partial charge in [0, 0.05) is 12.6 Å². The van der Waals surface area contributed by atoms with Crippen LogP contribution in [0, 0.1) is 0 Å². The van der Waals surface area contributed by atoms with Crippen molar-refractivity contribution >= 4 is 8.32 Å². The fourth-order valence-corrected chi connectivity index (χ4v) is 2.39. The SMILES string of the molecule is CC1COC(CO[Si](C)(C)C(C)(C)C)CN1. The standard InChI is InChI=1S/C12H27NO2Si/c1-10-8-14-11(7-13-10)9-15-16(5,6)12(2,3)4/h10-11,13H,7-9H2,1-6H3. The Bertz CT molecular complexity index is 218. The van der Waals surface area contributed by atoms with Crippen LogP contribution in [0.4, 0.5) is 0 Å². The Kier molecular flexibility index (Phi) is 4.57. The number of nitrogens with one attached hydrogen (secondary N) is 1. The van der Waals surface area contributed by atoms with Crippen LogP contribution in [-0.4, -0.2) is 40.2 Å². The molecule has 1 N–H and O–H groups in total. The summed E-state index contributed by atoms with van der Waals surface area (Å²) in [6, 6.07) is 0.476. The molecular formula is C12H27NO2Si. The minimum atomic E-state index is -1.61. The van der Waals surface area contributed by atoms with E-state index in [1.165, 1.54) is 0 Å². The smallest absolute Gasteiger partial charge is 0.192 e. The molecule has 1 heterocycles. The van der Waals surface area contributed by atoms with E-state index in [1.54, 1.807) is 0 Å². The molecule has 2 unspecified atom stereocenters. The van der Waals surface area contributed by atoms with Crippen molar-refractivity contribution in [1.82, 2.24) is 5.32 Å². The van der Waals surface area contributed by atoms with E-state index in [0.29, 0.717) is 6.04 Å². The summed E-state index contributed by atoms with van der Waals surface area (Å²) >= 11 is 0. The molecule has 96 valence electrons. The maximum atomic E-state index is 6.14. The van der Waals surface area contributed by atoms with Crippen LogP contribution in [0.25, 0.3) is 0 Å². The Morgan fingerprint density at radius 3 is 2.44 bits per heavy atom. The average Bonchev–Trinajstić information content (AvgIpc) is 2.15. The van der Waals surface area contributed by atoms with Crippen molar-refractivity contribution in [1.29, 1.82) is 0 Å². The second-order valence-electron chi connectivity index (χ2n) is 6.34. The molecule has 0 bridgehead atoms. The van der Waals surface area contributed by atoms with E-state index < -0.39 is 8.32 Å². The van der Waals surface area contributed by atoms with Crippen LogP contribution in [0.15, 0.2) is 0 Å². The highest BCUT2D eigenvalue weighted by atomic mass is 28.4. The Balaban J connectivity index is 2.34. The molecule has 0 radical (unpaired) electrons. The highest BCUT2D eigenvalue weighted by Crippen LogP contribution is 2.36. The van der Waals surface area contributed by atoms with E-state index in [-0.39, 0.29) is 11.1 Å². The zero-order chi connectivity index (χ0) is 12.4. The molecule has 16 heavy (non-hydrogen) atoms. The van der Waals surface area contributed by atoms with Gasteiger partial charge < -0.3 is 14.5 Å². The van der Waals surface area contributed by atoms with Crippen LogP contribution in [0.5, 0.6) is 0 Å². The van der Waals surface area contributed by atoms with Gasteiger partial charge in [0.25, 0.3) is 0 Å². The van der Waals surface area contributed by atoms with Crippen LogP contribution >= 0.6 is 0 Å². The highest BCUT2D eigenvalue weighted by molar-refractivity contribution is 6.74. The Morgan fingerprint density at radius 1 is 1.38 bits per heavy atom. The number of hydrogen-bond acceptors (Lipinski definition) is 3. The zero-order valence-electron chi connectivity index (χ0n) is 11.6. The first-order chi connectivity index (χ1) is 7.22. The third-order valence-electron chi connectivity index (χ3n) is 3.71. The zero-order valence-corrected chi connectivity index (χ0v) is 12.6. The average molecular weight is 245 g/mol. The minimum absolute atomic E-state index is 0.227. The number of rotatable bonds is 3.